The maximum atomic E-state index is 12.3. The van der Waals surface area contributed by atoms with Crippen LogP contribution in [0.5, 0.6) is 0 Å². The lowest BCUT2D eigenvalue weighted by molar-refractivity contribution is 0.195. The van der Waals surface area contributed by atoms with Gasteiger partial charge in [-0.15, -0.1) is 0 Å². The minimum Gasteiger partial charge on any atom is -0.335 e. The van der Waals surface area contributed by atoms with Gasteiger partial charge in [-0.05, 0) is 37.5 Å². The molecule has 1 aromatic carbocycles. The normalized spacial score (nSPS) is 18.3. The second-order valence-electron chi connectivity index (χ2n) is 5.99. The van der Waals surface area contributed by atoms with Crippen LogP contribution in [0.2, 0.25) is 5.02 Å². The smallest absolute Gasteiger partial charge is 0.321 e. The molecule has 1 aliphatic carbocycles. The minimum absolute atomic E-state index is 0.00963. The topological polar surface area (TPSA) is 64.7 Å². The van der Waals surface area contributed by atoms with Crippen LogP contribution in [0.15, 0.2) is 24.3 Å². The first-order chi connectivity index (χ1) is 11.1. The molecule has 1 heterocycles. The average Bonchev–Trinajstić information content (AvgIpc) is 3.32. The SMILES string of the molecule is O=C(Nc1cccc(Cl)c1)N1CCCN(C(=O)NC2CC2)CC1. The lowest BCUT2D eigenvalue weighted by atomic mass is 10.3. The molecule has 1 aliphatic heterocycles. The Morgan fingerprint density at radius 1 is 1.04 bits per heavy atom. The first kappa shape index (κ1) is 15.9. The van der Waals surface area contributed by atoms with Crippen LogP contribution in [-0.4, -0.2) is 54.1 Å². The van der Waals surface area contributed by atoms with Crippen molar-refractivity contribution in [2.45, 2.75) is 25.3 Å². The molecule has 0 bridgehead atoms. The van der Waals surface area contributed by atoms with Gasteiger partial charge >= 0.3 is 12.1 Å². The molecule has 4 amide bonds. The molecule has 0 radical (unpaired) electrons. The van der Waals surface area contributed by atoms with Crippen LogP contribution in [0.1, 0.15) is 19.3 Å². The van der Waals surface area contributed by atoms with Crippen LogP contribution >= 0.6 is 11.6 Å². The largest absolute Gasteiger partial charge is 0.335 e. The Bertz CT molecular complexity index is 591. The van der Waals surface area contributed by atoms with Crippen molar-refractivity contribution in [3.8, 4) is 0 Å². The van der Waals surface area contributed by atoms with Gasteiger partial charge in [-0.3, -0.25) is 0 Å². The Labute approximate surface area is 140 Å². The summed E-state index contributed by atoms with van der Waals surface area (Å²) in [5, 5.41) is 6.43. The van der Waals surface area contributed by atoms with Crippen molar-refractivity contribution < 1.29 is 9.59 Å². The van der Waals surface area contributed by atoms with Gasteiger partial charge in [0.2, 0.25) is 0 Å². The van der Waals surface area contributed by atoms with Gasteiger partial charge in [0.1, 0.15) is 0 Å². The molecule has 0 atom stereocenters. The number of carbonyl (C=O) groups excluding carboxylic acids is 2. The summed E-state index contributed by atoms with van der Waals surface area (Å²) in [4.78, 5) is 28.0. The maximum Gasteiger partial charge on any atom is 0.321 e. The summed E-state index contributed by atoms with van der Waals surface area (Å²) in [6.45, 7) is 2.41. The number of anilines is 1. The van der Waals surface area contributed by atoms with Crippen molar-refractivity contribution in [2.75, 3.05) is 31.5 Å². The van der Waals surface area contributed by atoms with E-state index in [9.17, 15) is 9.59 Å². The van der Waals surface area contributed by atoms with Crippen LogP contribution in [0.25, 0.3) is 0 Å². The first-order valence-electron chi connectivity index (χ1n) is 7.99. The Morgan fingerprint density at radius 2 is 1.74 bits per heavy atom. The number of nitrogens with zero attached hydrogens (tertiary/aromatic N) is 2. The molecule has 7 heteroatoms. The molecular formula is C16H21ClN4O2. The fourth-order valence-corrected chi connectivity index (χ4v) is 2.78. The van der Waals surface area contributed by atoms with Gasteiger partial charge in [-0.2, -0.15) is 0 Å². The average molecular weight is 337 g/mol. The molecule has 2 fully saturated rings. The fraction of sp³-hybridized carbons (Fsp3) is 0.500. The van der Waals surface area contributed by atoms with E-state index in [1.807, 2.05) is 0 Å². The Hall–Kier alpha value is -1.95. The van der Waals surface area contributed by atoms with E-state index in [1.54, 1.807) is 34.1 Å². The number of urea groups is 2. The van der Waals surface area contributed by atoms with E-state index in [-0.39, 0.29) is 12.1 Å². The van der Waals surface area contributed by atoms with Crippen LogP contribution < -0.4 is 10.6 Å². The third-order valence-electron chi connectivity index (χ3n) is 4.05. The lowest BCUT2D eigenvalue weighted by Gasteiger charge is -2.22. The van der Waals surface area contributed by atoms with Crippen LogP contribution in [0.3, 0.4) is 0 Å². The summed E-state index contributed by atoms with van der Waals surface area (Å²) >= 11 is 5.92. The third kappa shape index (κ3) is 4.51. The maximum absolute atomic E-state index is 12.3. The molecule has 1 saturated carbocycles. The molecule has 0 aromatic heterocycles. The molecule has 3 rings (SSSR count). The second-order valence-corrected chi connectivity index (χ2v) is 6.43. The zero-order valence-corrected chi connectivity index (χ0v) is 13.7. The number of nitrogens with one attached hydrogen (secondary N) is 2. The van der Waals surface area contributed by atoms with Gasteiger partial charge in [0.15, 0.2) is 0 Å². The number of rotatable bonds is 2. The third-order valence-corrected chi connectivity index (χ3v) is 4.29. The van der Waals surface area contributed by atoms with E-state index in [0.29, 0.717) is 42.9 Å². The van der Waals surface area contributed by atoms with Crippen LogP contribution in [0.4, 0.5) is 15.3 Å². The van der Waals surface area contributed by atoms with E-state index in [4.69, 9.17) is 11.6 Å². The van der Waals surface area contributed by atoms with Gasteiger partial charge in [-0.25, -0.2) is 9.59 Å². The Morgan fingerprint density at radius 3 is 2.39 bits per heavy atom. The van der Waals surface area contributed by atoms with Crippen molar-refractivity contribution in [1.29, 1.82) is 0 Å². The highest BCUT2D eigenvalue weighted by molar-refractivity contribution is 6.30. The zero-order valence-electron chi connectivity index (χ0n) is 12.9. The molecule has 1 saturated heterocycles. The summed E-state index contributed by atoms with van der Waals surface area (Å²) in [6, 6.07) is 7.27. The predicted molar refractivity (Wildman–Crippen MR) is 89.8 cm³/mol. The minimum atomic E-state index is -0.156. The van der Waals surface area contributed by atoms with E-state index in [1.165, 1.54) is 0 Å². The summed E-state index contributed by atoms with van der Waals surface area (Å²) in [5.74, 6) is 0. The monoisotopic (exact) mass is 336 g/mol. The molecular weight excluding hydrogens is 316 g/mol. The van der Waals surface area contributed by atoms with Crippen molar-refractivity contribution in [3.05, 3.63) is 29.3 Å². The van der Waals surface area contributed by atoms with Gasteiger partial charge < -0.3 is 20.4 Å². The molecule has 124 valence electrons. The molecule has 23 heavy (non-hydrogen) atoms. The Kier molecular flexibility index (Phi) is 4.91. The summed E-state index contributed by atoms with van der Waals surface area (Å²) < 4.78 is 0. The summed E-state index contributed by atoms with van der Waals surface area (Å²) in [5.41, 5.74) is 0.676. The van der Waals surface area contributed by atoms with E-state index >= 15 is 0 Å². The predicted octanol–water partition coefficient (Wildman–Crippen LogP) is 2.75. The zero-order chi connectivity index (χ0) is 16.2. The molecule has 6 nitrogen and oxygen atoms in total. The molecule has 0 unspecified atom stereocenters. The van der Waals surface area contributed by atoms with Gasteiger partial charge in [-0.1, -0.05) is 17.7 Å². The lowest BCUT2D eigenvalue weighted by Crippen LogP contribution is -2.43. The molecule has 2 N–H and O–H groups in total. The van der Waals surface area contributed by atoms with Crippen molar-refractivity contribution in [3.63, 3.8) is 0 Å². The van der Waals surface area contributed by atoms with E-state index in [0.717, 1.165) is 19.3 Å². The number of carbonyl (C=O) groups is 2. The summed E-state index contributed by atoms with van der Waals surface area (Å²) in [7, 11) is 0. The second kappa shape index (κ2) is 7.08. The summed E-state index contributed by atoms with van der Waals surface area (Å²) in [6.07, 6.45) is 2.93. The number of amides is 4. The highest BCUT2D eigenvalue weighted by Gasteiger charge is 2.27. The van der Waals surface area contributed by atoms with E-state index in [2.05, 4.69) is 10.6 Å². The van der Waals surface area contributed by atoms with Crippen LogP contribution in [0, 0.1) is 0 Å². The molecule has 1 aromatic rings. The van der Waals surface area contributed by atoms with Gasteiger partial charge in [0.25, 0.3) is 0 Å². The fourth-order valence-electron chi connectivity index (χ4n) is 2.59. The van der Waals surface area contributed by atoms with Crippen molar-refractivity contribution >= 4 is 29.4 Å². The first-order valence-corrected chi connectivity index (χ1v) is 8.36. The number of halogens is 1. The number of hydrogen-bond acceptors (Lipinski definition) is 2. The quantitative estimate of drug-likeness (QED) is 0.872. The molecule has 0 spiro atoms. The standard InChI is InChI=1S/C16H21ClN4O2/c17-12-3-1-4-14(11-12)19-16(23)21-8-2-7-20(9-10-21)15(22)18-13-5-6-13/h1,3-4,11,13H,2,5-10H2,(H,18,22)(H,19,23). The Balaban J connectivity index is 1.52. The van der Waals surface area contributed by atoms with Gasteiger partial charge in [0, 0.05) is 42.9 Å². The highest BCUT2D eigenvalue weighted by atomic mass is 35.5. The van der Waals surface area contributed by atoms with Crippen molar-refractivity contribution in [1.82, 2.24) is 15.1 Å². The van der Waals surface area contributed by atoms with E-state index < -0.39 is 0 Å². The number of benzene rings is 1. The number of hydrogen-bond donors (Lipinski definition) is 2. The van der Waals surface area contributed by atoms with Gasteiger partial charge in [0.05, 0.1) is 0 Å². The molecule has 2 aliphatic rings. The van der Waals surface area contributed by atoms with Crippen LogP contribution in [-0.2, 0) is 0 Å². The van der Waals surface area contributed by atoms with Crippen molar-refractivity contribution in [2.24, 2.45) is 0 Å². The highest BCUT2D eigenvalue weighted by Crippen LogP contribution is 2.19.